The smallest absolute Gasteiger partial charge is 0.325 e. The van der Waals surface area contributed by atoms with Gasteiger partial charge in [0.2, 0.25) is 0 Å². The van der Waals surface area contributed by atoms with Crippen LogP contribution in [-0.2, 0) is 4.79 Å². The number of nitrogens with one attached hydrogen (secondary N) is 1. The van der Waals surface area contributed by atoms with Gasteiger partial charge in [-0.15, -0.1) is 0 Å². The molecule has 1 aliphatic carbocycles. The van der Waals surface area contributed by atoms with E-state index in [1.165, 1.54) is 25.9 Å². The maximum atomic E-state index is 11.6. The summed E-state index contributed by atoms with van der Waals surface area (Å²) in [7, 11) is 3.81. The molecule has 0 aromatic carbocycles. The van der Waals surface area contributed by atoms with Crippen molar-refractivity contribution in [3.63, 3.8) is 0 Å². The molecular formula is C14H27N3O2. The van der Waals surface area contributed by atoms with Crippen LogP contribution in [0.5, 0.6) is 0 Å². The van der Waals surface area contributed by atoms with Gasteiger partial charge in [0.05, 0.1) is 0 Å². The SMILES string of the molecule is CNC(CN(C)CCN1CCCC1)(C(=O)O)C1CC1. The summed E-state index contributed by atoms with van der Waals surface area (Å²) in [4.78, 5) is 16.3. The summed E-state index contributed by atoms with van der Waals surface area (Å²) < 4.78 is 0. The van der Waals surface area contributed by atoms with E-state index >= 15 is 0 Å². The molecule has 5 heteroatoms. The number of nitrogens with zero attached hydrogens (tertiary/aromatic N) is 2. The lowest BCUT2D eigenvalue weighted by Crippen LogP contribution is -2.59. The first-order valence-corrected chi connectivity index (χ1v) is 7.41. The molecule has 1 heterocycles. The Bertz CT molecular complexity index is 314. The molecule has 0 radical (unpaired) electrons. The van der Waals surface area contributed by atoms with E-state index in [4.69, 9.17) is 0 Å². The van der Waals surface area contributed by atoms with Crippen LogP contribution in [0, 0.1) is 5.92 Å². The Morgan fingerprint density at radius 1 is 1.42 bits per heavy atom. The molecule has 2 fully saturated rings. The summed E-state index contributed by atoms with van der Waals surface area (Å²) in [5.74, 6) is -0.408. The van der Waals surface area contributed by atoms with Crippen molar-refractivity contribution in [1.29, 1.82) is 0 Å². The number of rotatable bonds is 8. The molecule has 0 amide bonds. The highest BCUT2D eigenvalue weighted by Gasteiger charge is 2.50. The van der Waals surface area contributed by atoms with Crippen molar-refractivity contribution >= 4 is 5.97 Å². The number of hydrogen-bond acceptors (Lipinski definition) is 4. The lowest BCUT2D eigenvalue weighted by molar-refractivity contribution is -0.146. The van der Waals surface area contributed by atoms with E-state index in [1.807, 2.05) is 7.05 Å². The summed E-state index contributed by atoms with van der Waals surface area (Å²) in [6.07, 6.45) is 4.68. The lowest BCUT2D eigenvalue weighted by Gasteiger charge is -2.34. The molecule has 110 valence electrons. The summed E-state index contributed by atoms with van der Waals surface area (Å²) in [6, 6.07) is 0. The minimum absolute atomic E-state index is 0.296. The van der Waals surface area contributed by atoms with Gasteiger partial charge in [-0.2, -0.15) is 0 Å². The number of hydrogen-bond donors (Lipinski definition) is 2. The van der Waals surface area contributed by atoms with Gasteiger partial charge in [-0.25, -0.2) is 0 Å². The van der Waals surface area contributed by atoms with Crippen LogP contribution >= 0.6 is 0 Å². The first kappa shape index (κ1) is 14.8. The molecule has 0 bridgehead atoms. The third-order valence-electron chi connectivity index (χ3n) is 4.62. The average Bonchev–Trinajstić information content (AvgIpc) is 3.10. The lowest BCUT2D eigenvalue weighted by atomic mass is 9.92. The zero-order chi connectivity index (χ0) is 13.9. The van der Waals surface area contributed by atoms with Crippen molar-refractivity contribution in [2.45, 2.75) is 31.2 Å². The standard InChI is InChI=1S/C14H27N3O2/c1-15-14(13(18)19,12-5-6-12)11-16(2)9-10-17-7-3-4-8-17/h12,15H,3-11H2,1-2H3,(H,18,19). The Balaban J connectivity index is 1.84. The molecule has 1 aliphatic heterocycles. The molecule has 1 atom stereocenters. The molecular weight excluding hydrogens is 242 g/mol. The number of carbonyl (C=O) groups is 1. The van der Waals surface area contributed by atoms with Gasteiger partial charge in [0, 0.05) is 19.6 Å². The van der Waals surface area contributed by atoms with Crippen LogP contribution in [0.3, 0.4) is 0 Å². The second-order valence-corrected chi connectivity index (χ2v) is 6.09. The quantitative estimate of drug-likeness (QED) is 0.671. The number of likely N-dealkylation sites (N-methyl/N-ethyl adjacent to an activating group) is 2. The number of likely N-dealkylation sites (tertiary alicyclic amines) is 1. The average molecular weight is 269 g/mol. The predicted octanol–water partition coefficient (Wildman–Crippen LogP) is 0.467. The fourth-order valence-corrected chi connectivity index (χ4v) is 3.16. The summed E-state index contributed by atoms with van der Waals surface area (Å²) >= 11 is 0. The minimum atomic E-state index is -0.750. The molecule has 1 saturated carbocycles. The molecule has 5 nitrogen and oxygen atoms in total. The Hall–Kier alpha value is -0.650. The Morgan fingerprint density at radius 2 is 2.05 bits per heavy atom. The summed E-state index contributed by atoms with van der Waals surface area (Å²) in [5.41, 5.74) is -0.750. The third kappa shape index (κ3) is 3.46. The van der Waals surface area contributed by atoms with E-state index in [-0.39, 0.29) is 0 Å². The van der Waals surface area contributed by atoms with Crippen molar-refractivity contribution in [2.75, 3.05) is 46.8 Å². The molecule has 2 aliphatic rings. The third-order valence-corrected chi connectivity index (χ3v) is 4.62. The van der Waals surface area contributed by atoms with Gasteiger partial charge in [0.25, 0.3) is 0 Å². The van der Waals surface area contributed by atoms with Crippen molar-refractivity contribution in [2.24, 2.45) is 5.92 Å². The molecule has 2 rings (SSSR count). The van der Waals surface area contributed by atoms with Crippen LogP contribution in [0.15, 0.2) is 0 Å². The zero-order valence-corrected chi connectivity index (χ0v) is 12.2. The van der Waals surface area contributed by atoms with Gasteiger partial charge in [-0.05, 0) is 58.8 Å². The van der Waals surface area contributed by atoms with Gasteiger partial charge in [0.1, 0.15) is 5.54 Å². The van der Waals surface area contributed by atoms with Gasteiger partial charge >= 0.3 is 5.97 Å². The highest BCUT2D eigenvalue weighted by Crippen LogP contribution is 2.40. The van der Waals surface area contributed by atoms with E-state index < -0.39 is 11.5 Å². The van der Waals surface area contributed by atoms with Gasteiger partial charge < -0.3 is 20.2 Å². The summed E-state index contributed by atoms with van der Waals surface area (Å²) in [6.45, 7) is 5.00. The minimum Gasteiger partial charge on any atom is -0.480 e. The highest BCUT2D eigenvalue weighted by molar-refractivity contribution is 5.80. The van der Waals surface area contributed by atoms with Gasteiger partial charge in [-0.1, -0.05) is 0 Å². The molecule has 0 aromatic heterocycles. The second kappa shape index (κ2) is 6.20. The van der Waals surface area contributed by atoms with Crippen LogP contribution in [0.4, 0.5) is 0 Å². The van der Waals surface area contributed by atoms with Crippen LogP contribution < -0.4 is 5.32 Å². The maximum Gasteiger partial charge on any atom is 0.325 e. The molecule has 1 unspecified atom stereocenters. The first-order valence-electron chi connectivity index (χ1n) is 7.41. The highest BCUT2D eigenvalue weighted by atomic mass is 16.4. The maximum absolute atomic E-state index is 11.6. The van der Waals surface area contributed by atoms with Crippen molar-refractivity contribution < 1.29 is 9.90 Å². The predicted molar refractivity (Wildman–Crippen MR) is 75.3 cm³/mol. The van der Waals surface area contributed by atoms with Crippen molar-refractivity contribution in [3.05, 3.63) is 0 Å². The van der Waals surface area contributed by atoms with Crippen LogP contribution in [-0.4, -0.2) is 73.2 Å². The van der Waals surface area contributed by atoms with E-state index in [1.54, 1.807) is 7.05 Å². The number of carboxylic acids is 1. The molecule has 2 N–H and O–H groups in total. The normalized spacial score (nSPS) is 23.7. The largest absolute Gasteiger partial charge is 0.480 e. The van der Waals surface area contributed by atoms with E-state index in [0.717, 1.165) is 25.9 Å². The molecule has 0 spiro atoms. The first-order chi connectivity index (χ1) is 9.08. The van der Waals surface area contributed by atoms with Gasteiger partial charge in [0.15, 0.2) is 0 Å². The monoisotopic (exact) mass is 269 g/mol. The van der Waals surface area contributed by atoms with Gasteiger partial charge in [-0.3, -0.25) is 4.79 Å². The topological polar surface area (TPSA) is 55.8 Å². The van der Waals surface area contributed by atoms with Crippen LogP contribution in [0.1, 0.15) is 25.7 Å². The van der Waals surface area contributed by atoms with E-state index in [0.29, 0.717) is 12.5 Å². The Labute approximate surface area is 115 Å². The number of aliphatic carboxylic acids is 1. The zero-order valence-electron chi connectivity index (χ0n) is 12.2. The van der Waals surface area contributed by atoms with Crippen LogP contribution in [0.2, 0.25) is 0 Å². The molecule has 1 saturated heterocycles. The Kier molecular flexibility index (Phi) is 4.81. The van der Waals surface area contributed by atoms with E-state index in [2.05, 4.69) is 15.1 Å². The van der Waals surface area contributed by atoms with Crippen LogP contribution in [0.25, 0.3) is 0 Å². The fraction of sp³-hybridized carbons (Fsp3) is 0.929. The van der Waals surface area contributed by atoms with Crippen molar-refractivity contribution in [3.8, 4) is 0 Å². The number of carboxylic acid groups (broad SMARTS) is 1. The fourth-order valence-electron chi connectivity index (χ4n) is 3.16. The van der Waals surface area contributed by atoms with E-state index in [9.17, 15) is 9.90 Å². The molecule has 0 aromatic rings. The van der Waals surface area contributed by atoms with Crippen molar-refractivity contribution in [1.82, 2.24) is 15.1 Å². The summed E-state index contributed by atoms with van der Waals surface area (Å²) in [5, 5.41) is 12.6. The Morgan fingerprint density at radius 3 is 2.53 bits per heavy atom. The molecule has 19 heavy (non-hydrogen) atoms. The second-order valence-electron chi connectivity index (χ2n) is 6.09.